The van der Waals surface area contributed by atoms with Gasteiger partial charge < -0.3 is 4.57 Å². The first-order valence-electron chi connectivity index (χ1n) is 17.9. The Kier molecular flexibility index (Phi) is 5.90. The molecule has 12 aromatic rings. The van der Waals surface area contributed by atoms with Gasteiger partial charge in [-0.3, -0.25) is 4.57 Å². The number of thiophene rings is 1. The van der Waals surface area contributed by atoms with E-state index in [0.29, 0.717) is 0 Å². The Morgan fingerprint density at radius 3 is 1.77 bits per heavy atom. The number of nitrogens with zero attached hydrogens (tertiary/aromatic N) is 4. The van der Waals surface area contributed by atoms with Gasteiger partial charge in [-0.1, -0.05) is 103 Å². The van der Waals surface area contributed by atoms with Gasteiger partial charge in [-0.25, -0.2) is 9.97 Å². The highest BCUT2D eigenvalue weighted by molar-refractivity contribution is 7.25. The fraction of sp³-hybridized carbons (Fsp3) is 0. The summed E-state index contributed by atoms with van der Waals surface area (Å²) in [6.07, 6.45) is 0. The van der Waals surface area contributed by atoms with Crippen LogP contribution in [0.2, 0.25) is 0 Å². The number of hydrogen-bond acceptors (Lipinski definition) is 3. The van der Waals surface area contributed by atoms with Crippen molar-refractivity contribution in [3.05, 3.63) is 170 Å². The van der Waals surface area contributed by atoms with Crippen molar-refractivity contribution in [2.45, 2.75) is 0 Å². The predicted octanol–water partition coefficient (Wildman–Crippen LogP) is 13.0. The Bertz CT molecular complexity index is 3420. The van der Waals surface area contributed by atoms with E-state index in [2.05, 4.69) is 179 Å². The average Bonchev–Trinajstić information content (AvgIpc) is 3.86. The maximum atomic E-state index is 5.43. The molecule has 0 unspecified atom stereocenters. The summed E-state index contributed by atoms with van der Waals surface area (Å²) in [6.45, 7) is 0. The van der Waals surface area contributed by atoms with Gasteiger partial charge in [0.1, 0.15) is 5.82 Å². The quantitative estimate of drug-likeness (QED) is 0.185. The molecule has 8 aromatic carbocycles. The predicted molar refractivity (Wildman–Crippen MR) is 224 cm³/mol. The van der Waals surface area contributed by atoms with E-state index in [1.54, 1.807) is 0 Å². The fourth-order valence-corrected chi connectivity index (χ4v) is 9.64. The van der Waals surface area contributed by atoms with E-state index in [4.69, 9.17) is 9.97 Å². The van der Waals surface area contributed by atoms with E-state index < -0.39 is 0 Å². The molecule has 246 valence electrons. The molecule has 0 fully saturated rings. The van der Waals surface area contributed by atoms with Crippen LogP contribution < -0.4 is 0 Å². The first-order valence-corrected chi connectivity index (χ1v) is 18.7. The summed E-state index contributed by atoms with van der Waals surface area (Å²) >= 11 is 1.82. The van der Waals surface area contributed by atoms with Crippen molar-refractivity contribution < 1.29 is 0 Å². The maximum absolute atomic E-state index is 5.43. The molecule has 12 rings (SSSR count). The van der Waals surface area contributed by atoms with Crippen LogP contribution in [-0.2, 0) is 0 Å². The number of para-hydroxylation sites is 4. The first-order chi connectivity index (χ1) is 26.3. The van der Waals surface area contributed by atoms with Crippen LogP contribution in [0.4, 0.5) is 0 Å². The maximum Gasteiger partial charge on any atom is 0.162 e. The van der Waals surface area contributed by atoms with Crippen LogP contribution in [0.3, 0.4) is 0 Å². The minimum atomic E-state index is 0.721. The summed E-state index contributed by atoms with van der Waals surface area (Å²) < 4.78 is 7.27. The zero-order chi connectivity index (χ0) is 34.6. The third-order valence-corrected chi connectivity index (χ3v) is 12.0. The van der Waals surface area contributed by atoms with Gasteiger partial charge in [-0.05, 0) is 77.5 Å². The van der Waals surface area contributed by atoms with Crippen molar-refractivity contribution in [1.82, 2.24) is 19.1 Å². The molecular weight excluding hydrogens is 665 g/mol. The van der Waals surface area contributed by atoms with Crippen molar-refractivity contribution in [2.24, 2.45) is 0 Å². The molecule has 0 aliphatic carbocycles. The summed E-state index contributed by atoms with van der Waals surface area (Å²) in [5, 5.41) is 10.9. The van der Waals surface area contributed by atoms with Crippen molar-refractivity contribution in [2.75, 3.05) is 0 Å². The van der Waals surface area contributed by atoms with E-state index in [1.165, 1.54) is 63.5 Å². The molecule has 0 N–H and O–H groups in total. The number of rotatable bonds is 3. The van der Waals surface area contributed by atoms with Crippen molar-refractivity contribution in [3.63, 3.8) is 0 Å². The molecule has 0 spiro atoms. The second-order valence-electron chi connectivity index (χ2n) is 13.8. The Balaban J connectivity index is 1.12. The van der Waals surface area contributed by atoms with Gasteiger partial charge >= 0.3 is 0 Å². The SMILES string of the molecule is c1ccc2c(-n3c4ccccc4c4cc5ccc(-n6c7ccccc7c7ccccc76)cc5cc43)nc(-c3ccc4c(c3)sc3ccccc34)nc2c1. The fourth-order valence-electron chi connectivity index (χ4n) is 8.49. The number of hydrogen-bond donors (Lipinski definition) is 0. The van der Waals surface area contributed by atoms with Crippen LogP contribution in [0.25, 0.3) is 108 Å². The molecule has 0 aliphatic heterocycles. The lowest BCUT2D eigenvalue weighted by Gasteiger charge is -2.13. The normalized spacial score (nSPS) is 12.2. The smallest absolute Gasteiger partial charge is 0.162 e. The average molecular weight is 693 g/mol. The van der Waals surface area contributed by atoms with Crippen LogP contribution in [0.1, 0.15) is 0 Å². The molecule has 0 atom stereocenters. The highest BCUT2D eigenvalue weighted by Crippen LogP contribution is 2.40. The second kappa shape index (κ2) is 10.8. The van der Waals surface area contributed by atoms with Gasteiger partial charge in [0.25, 0.3) is 0 Å². The van der Waals surface area contributed by atoms with E-state index in [-0.39, 0.29) is 0 Å². The van der Waals surface area contributed by atoms with E-state index >= 15 is 0 Å². The number of benzene rings is 8. The number of fused-ring (bicyclic) bond motifs is 11. The first kappa shape index (κ1) is 28.8. The highest BCUT2D eigenvalue weighted by Gasteiger charge is 2.19. The third-order valence-electron chi connectivity index (χ3n) is 10.9. The van der Waals surface area contributed by atoms with Gasteiger partial charge in [-0.2, -0.15) is 0 Å². The van der Waals surface area contributed by atoms with Crippen molar-refractivity contribution in [3.8, 4) is 22.9 Å². The standard InChI is InChI=1S/C48H28N4S/c1-6-16-40-38(15-1)48(50-47(49-40)30-22-24-37-36-14-5-10-20-45(36)53-46(37)28-30)52-43-19-9-4-13-35(43)39-26-29-21-23-32(25-31(29)27-44(39)52)51-41-17-7-2-11-33(41)34-12-3-8-18-42(34)51/h1-28H. The molecule has 0 saturated carbocycles. The highest BCUT2D eigenvalue weighted by atomic mass is 32.1. The van der Waals surface area contributed by atoms with Crippen LogP contribution in [0.15, 0.2) is 170 Å². The molecule has 0 radical (unpaired) electrons. The molecule has 0 bridgehead atoms. The monoisotopic (exact) mass is 692 g/mol. The summed E-state index contributed by atoms with van der Waals surface area (Å²) in [7, 11) is 0. The summed E-state index contributed by atoms with van der Waals surface area (Å²) in [4.78, 5) is 10.6. The number of aromatic nitrogens is 4. The van der Waals surface area contributed by atoms with Crippen LogP contribution in [0.5, 0.6) is 0 Å². The second-order valence-corrected chi connectivity index (χ2v) is 14.9. The van der Waals surface area contributed by atoms with E-state index in [1.807, 2.05) is 11.3 Å². The van der Waals surface area contributed by atoms with Gasteiger partial charge in [-0.15, -0.1) is 11.3 Å². The largest absolute Gasteiger partial charge is 0.309 e. The summed E-state index contributed by atoms with van der Waals surface area (Å²) in [5.41, 5.74) is 7.72. The Labute approximate surface area is 307 Å². The van der Waals surface area contributed by atoms with Crippen LogP contribution in [-0.4, -0.2) is 19.1 Å². The molecule has 53 heavy (non-hydrogen) atoms. The summed E-state index contributed by atoms with van der Waals surface area (Å²) in [6, 6.07) is 61.3. The van der Waals surface area contributed by atoms with Gasteiger partial charge in [0.2, 0.25) is 0 Å². The lowest BCUT2D eigenvalue weighted by atomic mass is 10.1. The molecular formula is C48H28N4S. The molecule has 0 aliphatic rings. The van der Waals surface area contributed by atoms with Crippen molar-refractivity contribution >= 4 is 96.8 Å². The van der Waals surface area contributed by atoms with Crippen LogP contribution >= 0.6 is 11.3 Å². The zero-order valence-electron chi connectivity index (χ0n) is 28.4. The Hall–Kier alpha value is -6.82. The third kappa shape index (κ3) is 4.17. The molecule has 4 heterocycles. The lowest BCUT2D eigenvalue weighted by molar-refractivity contribution is 1.08. The minimum absolute atomic E-state index is 0.721. The minimum Gasteiger partial charge on any atom is -0.309 e. The Morgan fingerprint density at radius 1 is 0.377 bits per heavy atom. The van der Waals surface area contributed by atoms with E-state index in [9.17, 15) is 0 Å². The van der Waals surface area contributed by atoms with Gasteiger partial charge in [0.15, 0.2) is 5.82 Å². The van der Waals surface area contributed by atoms with Crippen molar-refractivity contribution in [1.29, 1.82) is 0 Å². The van der Waals surface area contributed by atoms with Crippen LogP contribution in [0, 0.1) is 0 Å². The zero-order valence-corrected chi connectivity index (χ0v) is 29.2. The van der Waals surface area contributed by atoms with Gasteiger partial charge in [0.05, 0.1) is 27.6 Å². The molecule has 0 saturated heterocycles. The van der Waals surface area contributed by atoms with Gasteiger partial charge in [0, 0.05) is 58.4 Å². The molecule has 4 nitrogen and oxygen atoms in total. The summed E-state index contributed by atoms with van der Waals surface area (Å²) in [5.74, 6) is 1.60. The molecule has 4 aromatic heterocycles. The lowest BCUT2D eigenvalue weighted by Crippen LogP contribution is -2.02. The molecule has 5 heteroatoms. The van der Waals surface area contributed by atoms with E-state index in [0.717, 1.165) is 44.8 Å². The Morgan fingerprint density at radius 2 is 1.00 bits per heavy atom. The topological polar surface area (TPSA) is 35.6 Å². The molecule has 0 amide bonds.